The molecular formula is C18H26N2O4S. The predicted molar refractivity (Wildman–Crippen MR) is 98.3 cm³/mol. The molecule has 0 saturated carbocycles. The molecule has 0 unspecified atom stereocenters. The first-order valence-corrected chi connectivity index (χ1v) is 9.87. The average Bonchev–Trinajstić information content (AvgIpc) is 2.54. The van der Waals surface area contributed by atoms with Crippen molar-refractivity contribution in [3.8, 4) is 0 Å². The number of sulfone groups is 1. The molecule has 2 rings (SSSR count). The van der Waals surface area contributed by atoms with Crippen LogP contribution in [0.1, 0.15) is 33.6 Å². The second-order valence-electron chi connectivity index (χ2n) is 7.15. The third-order valence-corrected chi connectivity index (χ3v) is 5.21. The van der Waals surface area contributed by atoms with Crippen LogP contribution in [0.5, 0.6) is 0 Å². The monoisotopic (exact) mass is 366 g/mol. The number of benzene rings is 1. The third-order valence-electron chi connectivity index (χ3n) is 3.85. The minimum atomic E-state index is -3.42. The van der Waals surface area contributed by atoms with E-state index in [0.29, 0.717) is 13.1 Å². The van der Waals surface area contributed by atoms with Crippen LogP contribution in [-0.4, -0.2) is 44.1 Å². The van der Waals surface area contributed by atoms with Crippen molar-refractivity contribution in [2.75, 3.05) is 18.4 Å². The first kappa shape index (κ1) is 19.3. The molecule has 0 radical (unpaired) electrons. The Bertz CT molecular complexity index is 720. The lowest BCUT2D eigenvalue weighted by molar-refractivity contribution is 0.0206. The second-order valence-corrected chi connectivity index (χ2v) is 9.04. The highest BCUT2D eigenvalue weighted by Crippen LogP contribution is 2.20. The standard InChI is InChI=1S/C18H26N2O4S/c1-5-25(22,23)16-10-8-14(9-11-16)19-15-7-6-12-20(13-15)17(21)24-18(2,3)4/h5,8-11,15,19H,1,6-7,12-13H2,2-4H3/t15-/m1/s1. The van der Waals surface area contributed by atoms with Gasteiger partial charge >= 0.3 is 6.09 Å². The summed E-state index contributed by atoms with van der Waals surface area (Å²) in [5.41, 5.74) is 0.309. The van der Waals surface area contributed by atoms with E-state index in [1.54, 1.807) is 29.2 Å². The van der Waals surface area contributed by atoms with Crippen LogP contribution in [0.2, 0.25) is 0 Å². The maximum atomic E-state index is 12.2. The van der Waals surface area contributed by atoms with Gasteiger partial charge in [0.15, 0.2) is 9.84 Å². The van der Waals surface area contributed by atoms with Crippen LogP contribution in [0.25, 0.3) is 0 Å². The molecule has 6 nitrogen and oxygen atoms in total. The van der Waals surface area contributed by atoms with E-state index in [2.05, 4.69) is 11.9 Å². The maximum Gasteiger partial charge on any atom is 0.410 e. The fourth-order valence-corrected chi connectivity index (χ4v) is 3.37. The molecule has 1 aliphatic heterocycles. The molecule has 0 bridgehead atoms. The summed E-state index contributed by atoms with van der Waals surface area (Å²) in [4.78, 5) is 14.1. The van der Waals surface area contributed by atoms with Gasteiger partial charge in [0.1, 0.15) is 5.60 Å². The molecule has 1 fully saturated rings. The van der Waals surface area contributed by atoms with E-state index in [1.807, 2.05) is 20.8 Å². The van der Waals surface area contributed by atoms with Crippen LogP contribution >= 0.6 is 0 Å². The molecule has 1 aromatic carbocycles. The number of likely N-dealkylation sites (tertiary alicyclic amines) is 1. The third kappa shape index (κ3) is 5.49. The van der Waals surface area contributed by atoms with E-state index in [4.69, 9.17) is 4.74 Å². The minimum absolute atomic E-state index is 0.100. The summed E-state index contributed by atoms with van der Waals surface area (Å²) in [6.07, 6.45) is 1.53. The molecule has 7 heteroatoms. The molecule has 0 aromatic heterocycles. The first-order valence-electron chi connectivity index (χ1n) is 8.33. The number of anilines is 1. The Morgan fingerprint density at radius 3 is 2.52 bits per heavy atom. The number of piperidine rings is 1. The highest BCUT2D eigenvalue weighted by molar-refractivity contribution is 7.94. The topological polar surface area (TPSA) is 75.7 Å². The quantitative estimate of drug-likeness (QED) is 0.884. The zero-order valence-corrected chi connectivity index (χ0v) is 15.8. The smallest absolute Gasteiger partial charge is 0.410 e. The van der Waals surface area contributed by atoms with Gasteiger partial charge in [0.05, 0.1) is 4.90 Å². The van der Waals surface area contributed by atoms with E-state index >= 15 is 0 Å². The molecule has 1 saturated heterocycles. The fourth-order valence-electron chi connectivity index (χ4n) is 2.66. The van der Waals surface area contributed by atoms with Gasteiger partial charge in [-0.15, -0.1) is 0 Å². The highest BCUT2D eigenvalue weighted by Gasteiger charge is 2.27. The Balaban J connectivity index is 1.98. The molecule has 0 spiro atoms. The van der Waals surface area contributed by atoms with E-state index in [-0.39, 0.29) is 17.0 Å². The van der Waals surface area contributed by atoms with E-state index < -0.39 is 15.4 Å². The van der Waals surface area contributed by atoms with Crippen molar-refractivity contribution in [3.05, 3.63) is 36.3 Å². The normalized spacial score (nSPS) is 18.5. The van der Waals surface area contributed by atoms with Crippen LogP contribution in [0.3, 0.4) is 0 Å². The molecule has 1 heterocycles. The molecule has 1 aromatic rings. The molecule has 0 aliphatic carbocycles. The summed E-state index contributed by atoms with van der Waals surface area (Å²) >= 11 is 0. The number of carbonyl (C=O) groups is 1. The summed E-state index contributed by atoms with van der Waals surface area (Å²) in [6.45, 7) is 10.1. The second kappa shape index (κ2) is 7.47. The zero-order valence-electron chi connectivity index (χ0n) is 15.0. The molecular weight excluding hydrogens is 340 g/mol. The van der Waals surface area contributed by atoms with Gasteiger partial charge in [-0.05, 0) is 57.9 Å². The number of hydrogen-bond donors (Lipinski definition) is 1. The van der Waals surface area contributed by atoms with Crippen molar-refractivity contribution in [1.82, 2.24) is 4.90 Å². The van der Waals surface area contributed by atoms with Gasteiger partial charge in [0.2, 0.25) is 0 Å². The van der Waals surface area contributed by atoms with Crippen molar-refractivity contribution in [3.63, 3.8) is 0 Å². The lowest BCUT2D eigenvalue weighted by atomic mass is 10.1. The van der Waals surface area contributed by atoms with Gasteiger partial charge < -0.3 is 15.0 Å². The minimum Gasteiger partial charge on any atom is -0.444 e. The van der Waals surface area contributed by atoms with Gasteiger partial charge in [0.25, 0.3) is 0 Å². The average molecular weight is 366 g/mol. The largest absolute Gasteiger partial charge is 0.444 e. The molecule has 138 valence electrons. The van der Waals surface area contributed by atoms with Crippen LogP contribution < -0.4 is 5.32 Å². The maximum absolute atomic E-state index is 12.2. The Morgan fingerprint density at radius 2 is 1.96 bits per heavy atom. The summed E-state index contributed by atoms with van der Waals surface area (Å²) in [6, 6.07) is 6.65. The number of ether oxygens (including phenoxy) is 1. The molecule has 1 atom stereocenters. The Morgan fingerprint density at radius 1 is 1.32 bits per heavy atom. The number of rotatable bonds is 4. The molecule has 1 aliphatic rings. The first-order chi connectivity index (χ1) is 11.6. The fraction of sp³-hybridized carbons (Fsp3) is 0.500. The van der Waals surface area contributed by atoms with Crippen LogP contribution in [0.15, 0.2) is 41.1 Å². The van der Waals surface area contributed by atoms with Crippen LogP contribution in [0.4, 0.5) is 10.5 Å². The van der Waals surface area contributed by atoms with E-state index in [1.165, 1.54) is 0 Å². The zero-order chi connectivity index (χ0) is 18.7. The predicted octanol–water partition coefficient (Wildman–Crippen LogP) is 3.42. The Labute approximate surface area is 149 Å². The van der Waals surface area contributed by atoms with Crippen molar-refractivity contribution in [2.45, 2.75) is 50.2 Å². The number of carbonyl (C=O) groups excluding carboxylic acids is 1. The summed E-state index contributed by atoms with van der Waals surface area (Å²) in [5, 5.41) is 4.29. The number of hydrogen-bond acceptors (Lipinski definition) is 5. The van der Waals surface area contributed by atoms with Gasteiger partial charge in [-0.3, -0.25) is 0 Å². The van der Waals surface area contributed by atoms with Crippen molar-refractivity contribution in [2.24, 2.45) is 0 Å². The highest BCUT2D eigenvalue weighted by atomic mass is 32.2. The molecule has 1 N–H and O–H groups in total. The summed E-state index contributed by atoms with van der Waals surface area (Å²) in [5.74, 6) is 0. The number of amides is 1. The van der Waals surface area contributed by atoms with Crippen LogP contribution in [-0.2, 0) is 14.6 Å². The molecule has 1 amide bonds. The molecule has 25 heavy (non-hydrogen) atoms. The Kier molecular flexibility index (Phi) is 5.77. The SMILES string of the molecule is C=CS(=O)(=O)c1ccc(N[C@@H]2CCCN(C(=O)OC(C)(C)C)C2)cc1. The van der Waals surface area contributed by atoms with Gasteiger partial charge in [-0.25, -0.2) is 13.2 Å². The van der Waals surface area contributed by atoms with E-state index in [0.717, 1.165) is 23.9 Å². The number of nitrogens with one attached hydrogen (secondary N) is 1. The van der Waals surface area contributed by atoms with Crippen molar-refractivity contribution >= 4 is 21.6 Å². The summed E-state index contributed by atoms with van der Waals surface area (Å²) < 4.78 is 28.9. The van der Waals surface area contributed by atoms with Crippen LogP contribution in [0, 0.1) is 0 Å². The lowest BCUT2D eigenvalue weighted by Gasteiger charge is -2.34. The van der Waals surface area contributed by atoms with Gasteiger partial charge in [0, 0.05) is 30.2 Å². The summed E-state index contributed by atoms with van der Waals surface area (Å²) in [7, 11) is -3.42. The van der Waals surface area contributed by atoms with Crippen molar-refractivity contribution < 1.29 is 17.9 Å². The number of nitrogens with zero attached hydrogens (tertiary/aromatic N) is 1. The van der Waals surface area contributed by atoms with Gasteiger partial charge in [-0.2, -0.15) is 0 Å². The lowest BCUT2D eigenvalue weighted by Crippen LogP contribution is -2.46. The van der Waals surface area contributed by atoms with Crippen molar-refractivity contribution in [1.29, 1.82) is 0 Å². The van der Waals surface area contributed by atoms with E-state index in [9.17, 15) is 13.2 Å². The van der Waals surface area contributed by atoms with Gasteiger partial charge in [-0.1, -0.05) is 6.58 Å². The Hall–Kier alpha value is -2.02.